The molecule has 0 spiro atoms. The Balaban J connectivity index is 0.00000190. The van der Waals surface area contributed by atoms with Gasteiger partial charge in [0.05, 0.1) is 12.9 Å². The Kier molecular flexibility index (Phi) is 9.78. The Morgan fingerprint density at radius 2 is 1.75 bits per heavy atom. The van der Waals surface area contributed by atoms with E-state index in [1.54, 1.807) is 18.0 Å². The summed E-state index contributed by atoms with van der Waals surface area (Å²) >= 11 is 0. The molecule has 156 valence electrons. The normalized spacial score (nSPS) is 15.4. The van der Waals surface area contributed by atoms with Crippen molar-refractivity contribution in [2.45, 2.75) is 31.9 Å². The van der Waals surface area contributed by atoms with Gasteiger partial charge in [0, 0.05) is 32.7 Å². The van der Waals surface area contributed by atoms with Crippen molar-refractivity contribution in [2.24, 2.45) is 0 Å². The number of likely N-dealkylation sites (tertiary alicyclic amines) is 1. The van der Waals surface area contributed by atoms with Gasteiger partial charge in [-0.2, -0.15) is 0 Å². The van der Waals surface area contributed by atoms with Gasteiger partial charge in [-0.15, -0.1) is 0 Å². The minimum atomic E-state index is -2.84. The Labute approximate surface area is 161 Å². The lowest BCUT2D eigenvalue weighted by atomic mass is 10.0. The fourth-order valence-electron chi connectivity index (χ4n) is 2.92. The van der Waals surface area contributed by atoms with Crippen LogP contribution in [-0.4, -0.2) is 61.1 Å². The molecule has 0 bridgehead atoms. The maximum Gasteiger partial charge on any atom is 0.279 e. The summed E-state index contributed by atoms with van der Waals surface area (Å²) in [6.45, 7) is 1.99. The van der Waals surface area contributed by atoms with Gasteiger partial charge in [0.25, 0.3) is 6.43 Å². The van der Waals surface area contributed by atoms with Crippen molar-refractivity contribution in [3.05, 3.63) is 47.5 Å². The molecule has 4 nitrogen and oxygen atoms in total. The molecule has 0 amide bonds. The summed E-state index contributed by atoms with van der Waals surface area (Å²) in [5.41, 5.74) is -0.110. The molecule has 28 heavy (non-hydrogen) atoms. The van der Waals surface area contributed by atoms with Gasteiger partial charge >= 0.3 is 0 Å². The Hall–Kier alpha value is -2.29. The monoisotopic (exact) mass is 404 g/mol. The van der Waals surface area contributed by atoms with E-state index in [0.29, 0.717) is 19.3 Å². The van der Waals surface area contributed by atoms with E-state index < -0.39 is 23.8 Å². The molecule has 2 rings (SSSR count). The molecule has 9 heteroatoms. The quantitative estimate of drug-likeness (QED) is 0.423. The second-order valence-electron chi connectivity index (χ2n) is 6.34. The lowest BCUT2D eigenvalue weighted by molar-refractivity contribution is 0.159. The predicted molar refractivity (Wildman–Crippen MR) is 100 cm³/mol. The zero-order chi connectivity index (χ0) is 21.3. The molecule has 0 aliphatic carbocycles. The first-order chi connectivity index (χ1) is 13.3. The molecule has 0 atom stereocenters. The zero-order valence-corrected chi connectivity index (χ0v) is 15.9. The number of allylic oxidation sites excluding steroid dienone is 1. The minimum Gasteiger partial charge on any atom is -0.357 e. The van der Waals surface area contributed by atoms with E-state index >= 15 is 0 Å². The largest absolute Gasteiger partial charge is 0.357 e. The molecular formula is C19H25F5N4. The van der Waals surface area contributed by atoms with Crippen LogP contribution >= 0.6 is 0 Å². The van der Waals surface area contributed by atoms with Crippen LogP contribution in [0.2, 0.25) is 0 Å². The summed E-state index contributed by atoms with van der Waals surface area (Å²) in [5, 5.41) is 15.0. The van der Waals surface area contributed by atoms with E-state index in [1.165, 1.54) is 12.1 Å². The molecule has 1 heterocycles. The number of piperidine rings is 1. The third kappa shape index (κ3) is 7.03. The summed E-state index contributed by atoms with van der Waals surface area (Å²) in [6, 6.07) is 3.98. The summed E-state index contributed by atoms with van der Waals surface area (Å²) in [6.07, 6.45) is 0.846. The number of rotatable bonds is 6. The topological polar surface area (TPSA) is 54.2 Å². The summed E-state index contributed by atoms with van der Waals surface area (Å²) < 4.78 is 60.3. The SMILES string of the molecule is CF.CN(C(=N)/C=C\C(=N)C(F)F)C1CCN(Cc2ccc(F)c(F)c2)CC1. The van der Waals surface area contributed by atoms with Gasteiger partial charge in [-0.3, -0.25) is 20.1 Å². The number of alkyl halides is 3. The average Bonchev–Trinajstić information content (AvgIpc) is 2.70. The summed E-state index contributed by atoms with van der Waals surface area (Å²) in [7, 11) is 2.23. The Bertz CT molecular complexity index is 685. The highest BCUT2D eigenvalue weighted by Gasteiger charge is 2.23. The first-order valence-electron chi connectivity index (χ1n) is 8.68. The van der Waals surface area contributed by atoms with Gasteiger partial charge in [0.15, 0.2) is 11.6 Å². The standard InChI is InChI=1S/C18H22F4N4.CH3F/c1-25(17(24)5-4-16(23)18(21)22)13-6-8-26(9-7-13)11-12-2-3-14(19)15(20)10-12;1-2/h2-5,10,13,18,23-24H,6-9,11H2,1H3;1H3/b5-4-,23-16?,24-17?;. The molecule has 0 radical (unpaired) electrons. The molecule has 1 aromatic rings. The smallest absolute Gasteiger partial charge is 0.279 e. The van der Waals surface area contributed by atoms with Gasteiger partial charge in [-0.25, -0.2) is 17.6 Å². The highest BCUT2D eigenvalue weighted by molar-refractivity contribution is 6.01. The van der Waals surface area contributed by atoms with E-state index in [0.717, 1.165) is 38.1 Å². The first-order valence-corrected chi connectivity index (χ1v) is 8.68. The third-order valence-corrected chi connectivity index (χ3v) is 4.53. The number of nitrogens with zero attached hydrogens (tertiary/aromatic N) is 2. The minimum absolute atomic E-state index is 0.0782. The van der Waals surface area contributed by atoms with Crippen molar-refractivity contribution >= 4 is 11.5 Å². The number of hydrogen-bond acceptors (Lipinski definition) is 3. The molecule has 1 saturated heterocycles. The molecule has 1 aliphatic rings. The zero-order valence-electron chi connectivity index (χ0n) is 15.9. The summed E-state index contributed by atoms with van der Waals surface area (Å²) in [5.74, 6) is -1.64. The van der Waals surface area contributed by atoms with Gasteiger partial charge in [-0.1, -0.05) is 6.07 Å². The van der Waals surface area contributed by atoms with Crippen LogP contribution in [0.5, 0.6) is 0 Å². The number of benzene rings is 1. The second-order valence-corrected chi connectivity index (χ2v) is 6.34. The van der Waals surface area contributed by atoms with Crippen LogP contribution in [0.25, 0.3) is 0 Å². The van der Waals surface area contributed by atoms with Crippen molar-refractivity contribution in [2.75, 3.05) is 27.3 Å². The number of hydrogen-bond donors (Lipinski definition) is 2. The van der Waals surface area contributed by atoms with E-state index in [4.69, 9.17) is 10.8 Å². The maximum atomic E-state index is 13.3. The number of likely N-dealkylation sites (N-methyl/N-ethyl adjacent to an activating group) is 1. The number of nitrogens with one attached hydrogen (secondary N) is 2. The lowest BCUT2D eigenvalue weighted by Crippen LogP contribution is -2.44. The predicted octanol–water partition coefficient (Wildman–Crippen LogP) is 4.27. The van der Waals surface area contributed by atoms with E-state index in [9.17, 15) is 22.0 Å². The van der Waals surface area contributed by atoms with Crippen LogP contribution in [-0.2, 0) is 6.54 Å². The molecule has 2 N–H and O–H groups in total. The van der Waals surface area contributed by atoms with E-state index in [2.05, 4.69) is 4.90 Å². The van der Waals surface area contributed by atoms with Gasteiger partial charge in [-0.05, 0) is 42.7 Å². The number of amidine groups is 1. The maximum absolute atomic E-state index is 13.3. The number of halogens is 5. The Morgan fingerprint density at radius 3 is 2.29 bits per heavy atom. The van der Waals surface area contributed by atoms with Crippen molar-refractivity contribution in [1.82, 2.24) is 9.80 Å². The van der Waals surface area contributed by atoms with Crippen LogP contribution in [0.1, 0.15) is 18.4 Å². The van der Waals surface area contributed by atoms with Gasteiger partial charge in [0.2, 0.25) is 0 Å². The highest BCUT2D eigenvalue weighted by Crippen LogP contribution is 2.19. The molecule has 0 aromatic heterocycles. The second kappa shape index (κ2) is 11.5. The fraction of sp³-hybridized carbons (Fsp3) is 0.474. The van der Waals surface area contributed by atoms with Crippen molar-refractivity contribution in [1.29, 1.82) is 10.8 Å². The third-order valence-electron chi connectivity index (χ3n) is 4.53. The van der Waals surface area contributed by atoms with Crippen LogP contribution in [0.3, 0.4) is 0 Å². The molecule has 1 fully saturated rings. The van der Waals surface area contributed by atoms with Crippen molar-refractivity contribution < 1.29 is 22.0 Å². The van der Waals surface area contributed by atoms with Crippen LogP contribution < -0.4 is 0 Å². The molecule has 0 saturated carbocycles. The van der Waals surface area contributed by atoms with Crippen molar-refractivity contribution in [3.63, 3.8) is 0 Å². The Morgan fingerprint density at radius 1 is 1.14 bits per heavy atom. The molecule has 1 aliphatic heterocycles. The van der Waals surface area contributed by atoms with Crippen LogP contribution in [0.4, 0.5) is 22.0 Å². The molecule has 1 aromatic carbocycles. The van der Waals surface area contributed by atoms with Gasteiger partial charge in [0.1, 0.15) is 5.84 Å². The van der Waals surface area contributed by atoms with E-state index in [-0.39, 0.29) is 11.9 Å². The summed E-state index contributed by atoms with van der Waals surface area (Å²) in [4.78, 5) is 3.84. The molecular weight excluding hydrogens is 379 g/mol. The molecule has 0 unspecified atom stereocenters. The fourth-order valence-corrected chi connectivity index (χ4v) is 2.92. The first kappa shape index (κ1) is 23.7. The van der Waals surface area contributed by atoms with Crippen LogP contribution in [0.15, 0.2) is 30.4 Å². The van der Waals surface area contributed by atoms with Crippen LogP contribution in [0, 0.1) is 22.5 Å². The van der Waals surface area contributed by atoms with Gasteiger partial charge < -0.3 is 4.90 Å². The lowest BCUT2D eigenvalue weighted by Gasteiger charge is -2.37. The van der Waals surface area contributed by atoms with Crippen molar-refractivity contribution in [3.8, 4) is 0 Å². The van der Waals surface area contributed by atoms with E-state index in [1.807, 2.05) is 0 Å². The average molecular weight is 404 g/mol. The highest BCUT2D eigenvalue weighted by atomic mass is 19.3.